The zero-order chi connectivity index (χ0) is 24.9. The van der Waals surface area contributed by atoms with E-state index < -0.39 is 11.4 Å². The van der Waals surface area contributed by atoms with Crippen molar-refractivity contribution in [3.8, 4) is 16.9 Å². The molecule has 0 aliphatic rings. The van der Waals surface area contributed by atoms with Crippen LogP contribution in [-0.4, -0.2) is 28.0 Å². The zero-order valence-corrected chi connectivity index (χ0v) is 22.9. The SMILES string of the molecule is Cc1cc(OCCO)cc(C)c1-c1cccc(CNc2ccc(Cn3oc(=O)[n-]c3=O)cn2)c1C.[Na+]. The number of aliphatic hydroxyl groups excluding tert-OH is 1. The van der Waals surface area contributed by atoms with E-state index in [9.17, 15) is 9.59 Å². The smallest absolute Gasteiger partial charge is 0.491 e. The minimum atomic E-state index is -0.907. The van der Waals surface area contributed by atoms with Crippen molar-refractivity contribution in [3.05, 3.63) is 97.5 Å². The summed E-state index contributed by atoms with van der Waals surface area (Å²) < 4.78 is 11.2. The first-order valence-corrected chi connectivity index (χ1v) is 11.2. The Morgan fingerprint density at radius 3 is 2.47 bits per heavy atom. The van der Waals surface area contributed by atoms with E-state index in [-0.39, 0.29) is 49.3 Å². The zero-order valence-electron chi connectivity index (χ0n) is 20.9. The van der Waals surface area contributed by atoms with E-state index in [1.165, 1.54) is 11.1 Å². The van der Waals surface area contributed by atoms with Crippen molar-refractivity contribution >= 4 is 5.82 Å². The van der Waals surface area contributed by atoms with Crippen LogP contribution < -0.4 is 56.0 Å². The van der Waals surface area contributed by atoms with Gasteiger partial charge >= 0.3 is 35.3 Å². The number of aromatic nitrogens is 3. The van der Waals surface area contributed by atoms with Crippen molar-refractivity contribution < 1.29 is 43.9 Å². The Balaban J connectivity index is 0.00000361. The van der Waals surface area contributed by atoms with Crippen LogP contribution in [-0.2, 0) is 13.1 Å². The van der Waals surface area contributed by atoms with Gasteiger partial charge in [0.25, 0.3) is 0 Å². The molecule has 10 heteroatoms. The van der Waals surface area contributed by atoms with Crippen LogP contribution in [0.5, 0.6) is 5.75 Å². The Morgan fingerprint density at radius 2 is 1.86 bits per heavy atom. The first-order chi connectivity index (χ1) is 16.9. The fraction of sp³-hybridized carbons (Fsp3) is 0.269. The molecule has 2 N–H and O–H groups in total. The molecule has 0 saturated heterocycles. The van der Waals surface area contributed by atoms with Gasteiger partial charge in [-0.2, -0.15) is 0 Å². The number of aryl methyl sites for hydroxylation is 2. The molecule has 0 aliphatic heterocycles. The van der Waals surface area contributed by atoms with Gasteiger partial charge in [0, 0.05) is 19.3 Å². The Morgan fingerprint density at radius 1 is 1.11 bits per heavy atom. The van der Waals surface area contributed by atoms with Crippen molar-refractivity contribution in [1.82, 2.24) is 14.7 Å². The number of benzene rings is 2. The maximum atomic E-state index is 11.5. The molecule has 182 valence electrons. The minimum Gasteiger partial charge on any atom is -0.491 e. The van der Waals surface area contributed by atoms with Gasteiger partial charge in [-0.1, -0.05) is 24.3 Å². The molecule has 0 fully saturated rings. The topological polar surface area (TPSA) is 121 Å². The number of pyridine rings is 1. The van der Waals surface area contributed by atoms with Crippen LogP contribution in [0.4, 0.5) is 5.82 Å². The average molecular weight is 499 g/mol. The molecule has 4 aromatic rings. The molecule has 2 aromatic heterocycles. The predicted octanol–water partition coefficient (Wildman–Crippen LogP) is -0.219. The van der Waals surface area contributed by atoms with Crippen LogP contribution in [0, 0.1) is 20.8 Å². The summed E-state index contributed by atoms with van der Waals surface area (Å²) in [5.41, 5.74) is 6.86. The third-order valence-electron chi connectivity index (χ3n) is 5.78. The number of hydrogen-bond donors (Lipinski definition) is 2. The van der Waals surface area contributed by atoms with Crippen molar-refractivity contribution in [1.29, 1.82) is 0 Å². The Kier molecular flexibility index (Phi) is 9.33. The third kappa shape index (κ3) is 6.36. The first kappa shape index (κ1) is 27.5. The molecule has 0 radical (unpaired) electrons. The van der Waals surface area contributed by atoms with Gasteiger partial charge in [0.15, 0.2) is 5.69 Å². The second kappa shape index (κ2) is 12.2. The summed E-state index contributed by atoms with van der Waals surface area (Å²) in [6.07, 6.45) is 1.62. The number of anilines is 1. The van der Waals surface area contributed by atoms with Crippen LogP contribution in [0.1, 0.15) is 27.8 Å². The number of nitrogens with one attached hydrogen (secondary N) is 1. The van der Waals surface area contributed by atoms with Crippen molar-refractivity contribution in [2.45, 2.75) is 33.9 Å². The van der Waals surface area contributed by atoms with Gasteiger partial charge in [-0.25, -0.2) is 9.78 Å². The van der Waals surface area contributed by atoms with Gasteiger partial charge in [-0.05, 0) is 77.9 Å². The van der Waals surface area contributed by atoms with Crippen LogP contribution in [0.25, 0.3) is 11.1 Å². The monoisotopic (exact) mass is 498 g/mol. The number of ether oxygens (including phenoxy) is 1. The van der Waals surface area contributed by atoms with E-state index in [1.54, 1.807) is 6.20 Å². The maximum Gasteiger partial charge on any atom is 1.00 e. The van der Waals surface area contributed by atoms with E-state index in [0.717, 1.165) is 32.7 Å². The second-order valence-corrected chi connectivity index (χ2v) is 8.29. The number of rotatable bonds is 9. The Labute approximate surface area is 230 Å². The quantitative estimate of drug-likeness (QED) is 0.304. The summed E-state index contributed by atoms with van der Waals surface area (Å²) in [7, 11) is 0. The molecule has 0 unspecified atom stereocenters. The van der Waals surface area contributed by atoms with E-state index in [4.69, 9.17) is 14.4 Å². The average Bonchev–Trinajstić information content (AvgIpc) is 3.14. The summed E-state index contributed by atoms with van der Waals surface area (Å²) >= 11 is 0. The molecule has 0 atom stereocenters. The van der Waals surface area contributed by atoms with E-state index >= 15 is 0 Å². The van der Waals surface area contributed by atoms with E-state index in [2.05, 4.69) is 48.2 Å². The van der Waals surface area contributed by atoms with Gasteiger partial charge < -0.3 is 24.7 Å². The molecule has 9 nitrogen and oxygen atoms in total. The summed E-state index contributed by atoms with van der Waals surface area (Å²) in [6.45, 7) is 7.16. The van der Waals surface area contributed by atoms with Gasteiger partial charge in [0.2, 0.25) is 0 Å². The van der Waals surface area contributed by atoms with Gasteiger partial charge in [-0.15, -0.1) is 0 Å². The van der Waals surface area contributed by atoms with E-state index in [0.29, 0.717) is 17.9 Å². The number of nitrogens with zero attached hydrogens (tertiary/aromatic N) is 3. The maximum absolute atomic E-state index is 11.5. The molecule has 2 heterocycles. The third-order valence-corrected chi connectivity index (χ3v) is 5.78. The molecular formula is C26H27N4NaO5. The number of aliphatic hydroxyl groups is 1. The van der Waals surface area contributed by atoms with Gasteiger partial charge in [0.05, 0.1) is 6.61 Å². The normalized spacial score (nSPS) is 10.7. The molecule has 36 heavy (non-hydrogen) atoms. The molecular weight excluding hydrogens is 471 g/mol. The van der Waals surface area contributed by atoms with Crippen LogP contribution >= 0.6 is 0 Å². The molecule has 0 amide bonds. The van der Waals surface area contributed by atoms with Crippen molar-refractivity contribution in [2.24, 2.45) is 0 Å². The summed E-state index contributed by atoms with van der Waals surface area (Å²) in [6, 6.07) is 13.9. The summed E-state index contributed by atoms with van der Waals surface area (Å²) in [5, 5.41) is 12.4. The fourth-order valence-corrected chi connectivity index (χ4v) is 4.10. The minimum absolute atomic E-state index is 0. The van der Waals surface area contributed by atoms with Crippen LogP contribution in [0.15, 0.2) is 62.8 Å². The molecule has 0 aliphatic carbocycles. The van der Waals surface area contributed by atoms with E-state index in [1.807, 2.05) is 30.3 Å². The standard InChI is InChI=1S/C26H28N4O5.Na/c1-16-11-21(34-10-9-31)12-17(2)24(16)22-6-4-5-20(18(22)3)14-28-23-8-7-19(13-27-23)15-30-25(32)29-26(33)35-30;/h4-8,11-13,31H,9-10,14-15H2,1-3H3,(H2,27,28,29,32,33);/q;+1/p-1. The van der Waals surface area contributed by atoms with Gasteiger partial charge in [0.1, 0.15) is 18.2 Å². The first-order valence-electron chi connectivity index (χ1n) is 11.2. The van der Waals surface area contributed by atoms with Crippen LogP contribution in [0.3, 0.4) is 0 Å². The molecule has 2 aromatic carbocycles. The predicted molar refractivity (Wildman–Crippen MR) is 132 cm³/mol. The second-order valence-electron chi connectivity index (χ2n) is 8.29. The van der Waals surface area contributed by atoms with Crippen molar-refractivity contribution in [2.75, 3.05) is 18.5 Å². The Bertz CT molecular complexity index is 1420. The number of hydrogen-bond acceptors (Lipinski definition) is 7. The molecule has 0 saturated carbocycles. The summed E-state index contributed by atoms with van der Waals surface area (Å²) in [4.78, 5) is 30.2. The van der Waals surface area contributed by atoms with Crippen molar-refractivity contribution in [3.63, 3.8) is 0 Å². The summed E-state index contributed by atoms with van der Waals surface area (Å²) in [5.74, 6) is 0.533. The largest absolute Gasteiger partial charge is 1.00 e. The molecule has 0 bridgehead atoms. The Hall–Kier alpha value is -3.11. The van der Waals surface area contributed by atoms with Gasteiger partial charge in [-0.3, -0.25) is 9.53 Å². The fourth-order valence-electron chi connectivity index (χ4n) is 4.10. The van der Waals surface area contributed by atoms with Crippen LogP contribution in [0.2, 0.25) is 0 Å². The molecule has 0 spiro atoms. The molecule has 4 rings (SSSR count).